The van der Waals surface area contributed by atoms with E-state index in [0.29, 0.717) is 10.7 Å². The molecule has 92 valence electrons. The van der Waals surface area contributed by atoms with Crippen LogP contribution in [0.15, 0.2) is 42.5 Å². The first-order chi connectivity index (χ1) is 8.56. The first kappa shape index (κ1) is 12.8. The Morgan fingerprint density at radius 3 is 2.28 bits per heavy atom. The molecule has 0 aliphatic heterocycles. The molecule has 0 fully saturated rings. The van der Waals surface area contributed by atoms with Crippen LogP contribution in [-0.2, 0) is 0 Å². The molecule has 0 aliphatic carbocycles. The maximum atomic E-state index is 13.0. The van der Waals surface area contributed by atoms with Gasteiger partial charge in [0.15, 0.2) is 0 Å². The van der Waals surface area contributed by atoms with Crippen molar-refractivity contribution in [3.63, 3.8) is 0 Å². The van der Waals surface area contributed by atoms with Crippen molar-refractivity contribution in [2.45, 2.75) is 0 Å². The van der Waals surface area contributed by atoms with Crippen molar-refractivity contribution in [3.05, 3.63) is 58.9 Å². The lowest BCUT2D eigenvalue weighted by molar-refractivity contribution is 0.628. The second kappa shape index (κ2) is 5.33. The van der Waals surface area contributed by atoms with E-state index in [2.05, 4.69) is 5.32 Å². The summed E-state index contributed by atoms with van der Waals surface area (Å²) in [6, 6.07) is 11.8. The van der Waals surface area contributed by atoms with Gasteiger partial charge in [0.05, 0.1) is 5.02 Å². The third-order valence-electron chi connectivity index (χ3n) is 2.38. The van der Waals surface area contributed by atoms with E-state index in [1.807, 2.05) is 24.3 Å². The molecule has 0 aromatic heterocycles. The molecule has 5 heteroatoms. The number of anilines is 2. The molecule has 2 nitrogen and oxygen atoms in total. The molecule has 0 atom stereocenters. The Kier molecular flexibility index (Phi) is 3.79. The van der Waals surface area contributed by atoms with Crippen LogP contribution in [0.2, 0.25) is 5.02 Å². The maximum Gasteiger partial charge on any atom is 0.141 e. The Morgan fingerprint density at radius 2 is 1.72 bits per heavy atom. The molecule has 18 heavy (non-hydrogen) atoms. The largest absolute Gasteiger partial charge is 0.389 e. The number of nitrogens with one attached hydrogen (secondary N) is 1. The number of halogens is 2. The van der Waals surface area contributed by atoms with Crippen molar-refractivity contribution in [1.82, 2.24) is 0 Å². The van der Waals surface area contributed by atoms with Gasteiger partial charge in [0, 0.05) is 16.9 Å². The molecule has 0 spiro atoms. The Morgan fingerprint density at radius 1 is 1.11 bits per heavy atom. The van der Waals surface area contributed by atoms with Crippen molar-refractivity contribution in [2.24, 2.45) is 5.73 Å². The van der Waals surface area contributed by atoms with E-state index in [-0.39, 0.29) is 5.02 Å². The van der Waals surface area contributed by atoms with Crippen molar-refractivity contribution < 1.29 is 4.39 Å². The van der Waals surface area contributed by atoms with Crippen LogP contribution in [-0.4, -0.2) is 4.99 Å². The molecule has 0 heterocycles. The third kappa shape index (κ3) is 2.97. The Balaban J connectivity index is 2.18. The van der Waals surface area contributed by atoms with E-state index in [0.717, 1.165) is 11.3 Å². The summed E-state index contributed by atoms with van der Waals surface area (Å²) >= 11 is 10.6. The highest BCUT2D eigenvalue weighted by Crippen LogP contribution is 2.22. The normalized spacial score (nSPS) is 10.1. The van der Waals surface area contributed by atoms with Crippen LogP contribution in [0.4, 0.5) is 15.8 Å². The molecule has 2 aromatic carbocycles. The van der Waals surface area contributed by atoms with E-state index < -0.39 is 5.82 Å². The average molecular weight is 281 g/mol. The van der Waals surface area contributed by atoms with Gasteiger partial charge >= 0.3 is 0 Å². The number of hydrogen-bond donors (Lipinski definition) is 2. The van der Waals surface area contributed by atoms with Crippen LogP contribution in [0.25, 0.3) is 0 Å². The fourth-order valence-corrected chi connectivity index (χ4v) is 1.78. The number of nitrogens with two attached hydrogens (primary N) is 1. The summed E-state index contributed by atoms with van der Waals surface area (Å²) in [6.45, 7) is 0. The zero-order valence-electron chi connectivity index (χ0n) is 9.28. The lowest BCUT2D eigenvalue weighted by atomic mass is 10.2. The molecule has 0 unspecified atom stereocenters. The van der Waals surface area contributed by atoms with Crippen LogP contribution in [0.3, 0.4) is 0 Å². The zero-order valence-corrected chi connectivity index (χ0v) is 10.9. The van der Waals surface area contributed by atoms with Crippen molar-refractivity contribution in [1.29, 1.82) is 0 Å². The lowest BCUT2D eigenvalue weighted by Crippen LogP contribution is -2.08. The van der Waals surface area contributed by atoms with Crippen molar-refractivity contribution in [3.8, 4) is 0 Å². The van der Waals surface area contributed by atoms with Crippen LogP contribution >= 0.6 is 23.8 Å². The minimum Gasteiger partial charge on any atom is -0.389 e. The summed E-state index contributed by atoms with van der Waals surface area (Å²) in [5.74, 6) is -0.439. The molecule has 3 N–H and O–H groups in total. The van der Waals surface area contributed by atoms with Crippen LogP contribution in [0.1, 0.15) is 5.56 Å². The second-order valence-electron chi connectivity index (χ2n) is 3.70. The molecule has 2 aromatic rings. The zero-order chi connectivity index (χ0) is 13.1. The van der Waals surface area contributed by atoms with E-state index in [9.17, 15) is 4.39 Å². The lowest BCUT2D eigenvalue weighted by Gasteiger charge is -2.07. The maximum absolute atomic E-state index is 13.0. The molecule has 0 saturated carbocycles. The predicted octanol–water partition coefficient (Wildman–Crippen LogP) is 3.86. The van der Waals surface area contributed by atoms with Gasteiger partial charge in [-0.3, -0.25) is 0 Å². The van der Waals surface area contributed by atoms with Crippen molar-refractivity contribution in [2.75, 3.05) is 5.32 Å². The van der Waals surface area contributed by atoms with Crippen LogP contribution < -0.4 is 11.1 Å². The third-order valence-corrected chi connectivity index (χ3v) is 2.90. The molecule has 0 saturated heterocycles. The van der Waals surface area contributed by atoms with Gasteiger partial charge in [-0.25, -0.2) is 4.39 Å². The highest BCUT2D eigenvalue weighted by Gasteiger charge is 2.01. The van der Waals surface area contributed by atoms with Crippen LogP contribution in [0.5, 0.6) is 0 Å². The molecule has 0 aliphatic rings. The number of rotatable bonds is 3. The van der Waals surface area contributed by atoms with Gasteiger partial charge in [-0.1, -0.05) is 23.8 Å². The fraction of sp³-hybridized carbons (Fsp3) is 0. The summed E-state index contributed by atoms with van der Waals surface area (Å²) in [4.78, 5) is 0.353. The second-order valence-corrected chi connectivity index (χ2v) is 4.54. The van der Waals surface area contributed by atoms with Crippen LogP contribution in [0, 0.1) is 5.82 Å². The summed E-state index contributed by atoms with van der Waals surface area (Å²) in [7, 11) is 0. The molecule has 0 bridgehead atoms. The average Bonchev–Trinajstić information content (AvgIpc) is 2.34. The summed E-state index contributed by atoms with van der Waals surface area (Å²) in [6.07, 6.45) is 0. The minimum atomic E-state index is -0.439. The topological polar surface area (TPSA) is 38.0 Å². The van der Waals surface area contributed by atoms with E-state index in [4.69, 9.17) is 29.6 Å². The first-order valence-corrected chi connectivity index (χ1v) is 5.97. The standard InChI is InChI=1S/C13H10ClFN2S/c14-11-7-10(5-6-12(11)15)17-9-3-1-8(2-4-9)13(16)18/h1-7,17H,(H2,16,18). The van der Waals surface area contributed by atoms with Gasteiger partial charge in [0.1, 0.15) is 10.8 Å². The van der Waals surface area contributed by atoms with Gasteiger partial charge in [-0.15, -0.1) is 0 Å². The van der Waals surface area contributed by atoms with Gasteiger partial charge in [-0.2, -0.15) is 0 Å². The van der Waals surface area contributed by atoms with E-state index in [1.165, 1.54) is 12.1 Å². The highest BCUT2D eigenvalue weighted by atomic mass is 35.5. The van der Waals surface area contributed by atoms with E-state index in [1.54, 1.807) is 6.07 Å². The minimum absolute atomic E-state index is 0.0831. The Labute approximate surface area is 115 Å². The first-order valence-electron chi connectivity index (χ1n) is 5.18. The predicted molar refractivity (Wildman–Crippen MR) is 77.0 cm³/mol. The monoisotopic (exact) mass is 280 g/mol. The smallest absolute Gasteiger partial charge is 0.141 e. The quantitative estimate of drug-likeness (QED) is 0.839. The molecule has 2 rings (SSSR count). The van der Waals surface area contributed by atoms with Gasteiger partial charge in [-0.05, 0) is 42.5 Å². The molecular weight excluding hydrogens is 271 g/mol. The summed E-state index contributed by atoms with van der Waals surface area (Å²) in [5, 5.41) is 3.19. The number of hydrogen-bond acceptors (Lipinski definition) is 2. The molecular formula is C13H10ClFN2S. The SMILES string of the molecule is NC(=S)c1ccc(Nc2ccc(F)c(Cl)c2)cc1. The van der Waals surface area contributed by atoms with E-state index >= 15 is 0 Å². The highest BCUT2D eigenvalue weighted by molar-refractivity contribution is 7.80. The Bertz CT molecular complexity index is 584. The Hall–Kier alpha value is -1.65. The molecule has 0 radical (unpaired) electrons. The molecule has 0 amide bonds. The van der Waals surface area contributed by atoms with Gasteiger partial charge in [0.2, 0.25) is 0 Å². The van der Waals surface area contributed by atoms with Crippen molar-refractivity contribution >= 4 is 40.2 Å². The number of benzene rings is 2. The summed E-state index contributed by atoms with van der Waals surface area (Å²) < 4.78 is 13.0. The number of thiocarbonyl (C=S) groups is 1. The van der Waals surface area contributed by atoms with Gasteiger partial charge < -0.3 is 11.1 Å². The fourth-order valence-electron chi connectivity index (χ4n) is 1.46. The van der Waals surface area contributed by atoms with Gasteiger partial charge in [0.25, 0.3) is 0 Å². The summed E-state index contributed by atoms with van der Waals surface area (Å²) in [5.41, 5.74) is 7.86.